The SMILES string of the molecule is OCCC=Cc1ccc(CO)s1. The minimum Gasteiger partial charge on any atom is -0.396 e. The van der Waals surface area contributed by atoms with Gasteiger partial charge in [0.25, 0.3) is 0 Å². The van der Waals surface area contributed by atoms with Crippen LogP contribution >= 0.6 is 11.3 Å². The van der Waals surface area contributed by atoms with Gasteiger partial charge in [-0.15, -0.1) is 11.3 Å². The first-order valence-corrected chi connectivity index (χ1v) is 4.65. The fraction of sp³-hybridized carbons (Fsp3) is 0.333. The van der Waals surface area contributed by atoms with Crippen LogP contribution in [-0.2, 0) is 6.61 Å². The van der Waals surface area contributed by atoms with Crippen molar-refractivity contribution < 1.29 is 10.2 Å². The molecule has 0 aromatic carbocycles. The van der Waals surface area contributed by atoms with Gasteiger partial charge in [0, 0.05) is 16.4 Å². The van der Waals surface area contributed by atoms with Crippen molar-refractivity contribution in [1.82, 2.24) is 0 Å². The summed E-state index contributed by atoms with van der Waals surface area (Å²) in [4.78, 5) is 2.09. The van der Waals surface area contributed by atoms with Crippen LogP contribution in [0.15, 0.2) is 18.2 Å². The molecule has 0 unspecified atom stereocenters. The molecule has 2 N–H and O–H groups in total. The highest BCUT2D eigenvalue weighted by molar-refractivity contribution is 7.12. The van der Waals surface area contributed by atoms with Crippen molar-refractivity contribution in [2.75, 3.05) is 6.61 Å². The Morgan fingerprint density at radius 3 is 2.75 bits per heavy atom. The number of thiophene rings is 1. The van der Waals surface area contributed by atoms with Gasteiger partial charge in [0.15, 0.2) is 0 Å². The monoisotopic (exact) mass is 184 g/mol. The zero-order chi connectivity index (χ0) is 8.81. The summed E-state index contributed by atoms with van der Waals surface area (Å²) >= 11 is 1.56. The Morgan fingerprint density at radius 2 is 2.17 bits per heavy atom. The second-order valence-corrected chi connectivity index (χ2v) is 3.58. The maximum absolute atomic E-state index is 8.77. The Kier molecular flexibility index (Phi) is 4.00. The molecule has 0 bridgehead atoms. The molecule has 0 aliphatic heterocycles. The first-order chi connectivity index (χ1) is 5.86. The van der Waals surface area contributed by atoms with Gasteiger partial charge in [-0.2, -0.15) is 0 Å². The van der Waals surface area contributed by atoms with Gasteiger partial charge in [0.2, 0.25) is 0 Å². The molecule has 0 aliphatic rings. The first-order valence-electron chi connectivity index (χ1n) is 3.84. The average Bonchev–Trinajstić information content (AvgIpc) is 2.53. The normalized spacial score (nSPS) is 11.2. The van der Waals surface area contributed by atoms with Crippen molar-refractivity contribution in [2.24, 2.45) is 0 Å². The smallest absolute Gasteiger partial charge is 0.0774 e. The maximum atomic E-state index is 8.77. The lowest BCUT2D eigenvalue weighted by Crippen LogP contribution is -1.74. The molecule has 0 atom stereocenters. The number of hydrogen-bond acceptors (Lipinski definition) is 3. The zero-order valence-corrected chi connectivity index (χ0v) is 7.55. The number of hydrogen-bond donors (Lipinski definition) is 2. The molecule has 0 saturated carbocycles. The summed E-state index contributed by atoms with van der Waals surface area (Å²) in [6.07, 6.45) is 4.57. The number of aliphatic hydroxyl groups is 2. The molecule has 0 aliphatic carbocycles. The molecule has 0 saturated heterocycles. The Morgan fingerprint density at radius 1 is 1.33 bits per heavy atom. The minimum absolute atomic E-state index is 0.110. The second-order valence-electron chi connectivity index (χ2n) is 2.38. The minimum atomic E-state index is 0.110. The Balaban J connectivity index is 2.51. The fourth-order valence-corrected chi connectivity index (χ4v) is 1.65. The predicted molar refractivity (Wildman–Crippen MR) is 51.0 cm³/mol. The first kappa shape index (κ1) is 9.45. The van der Waals surface area contributed by atoms with E-state index in [9.17, 15) is 0 Å². The van der Waals surface area contributed by atoms with Crippen LogP contribution in [-0.4, -0.2) is 16.8 Å². The van der Waals surface area contributed by atoms with Gasteiger partial charge in [-0.05, 0) is 24.6 Å². The highest BCUT2D eigenvalue weighted by Crippen LogP contribution is 2.17. The molecule has 0 radical (unpaired) electrons. The molecule has 0 amide bonds. The summed E-state index contributed by atoms with van der Waals surface area (Å²) in [7, 11) is 0. The Hall–Kier alpha value is -0.640. The van der Waals surface area contributed by atoms with E-state index in [0.29, 0.717) is 6.42 Å². The van der Waals surface area contributed by atoms with Crippen LogP contribution in [0.25, 0.3) is 6.08 Å². The summed E-state index contributed by atoms with van der Waals surface area (Å²) < 4.78 is 0. The van der Waals surface area contributed by atoms with E-state index in [2.05, 4.69) is 0 Å². The van der Waals surface area contributed by atoms with Crippen molar-refractivity contribution in [3.05, 3.63) is 28.0 Å². The molecule has 12 heavy (non-hydrogen) atoms. The molecule has 1 rings (SSSR count). The predicted octanol–water partition coefficient (Wildman–Crippen LogP) is 1.64. The largest absolute Gasteiger partial charge is 0.396 e. The van der Waals surface area contributed by atoms with Crippen molar-refractivity contribution in [3.8, 4) is 0 Å². The van der Waals surface area contributed by atoms with E-state index < -0.39 is 0 Å². The van der Waals surface area contributed by atoms with Crippen LogP contribution in [0.3, 0.4) is 0 Å². The topological polar surface area (TPSA) is 40.5 Å². The van der Waals surface area contributed by atoms with Crippen LogP contribution in [0.4, 0.5) is 0 Å². The molecular formula is C9H12O2S. The molecule has 0 fully saturated rings. The maximum Gasteiger partial charge on any atom is 0.0774 e. The van der Waals surface area contributed by atoms with Crippen molar-refractivity contribution in [2.45, 2.75) is 13.0 Å². The molecule has 0 spiro atoms. The van der Waals surface area contributed by atoms with Crippen molar-refractivity contribution in [1.29, 1.82) is 0 Å². The van der Waals surface area contributed by atoms with Gasteiger partial charge in [0.1, 0.15) is 0 Å². The number of rotatable bonds is 4. The number of aliphatic hydroxyl groups excluding tert-OH is 2. The van der Waals surface area contributed by atoms with Gasteiger partial charge in [-0.1, -0.05) is 6.08 Å². The summed E-state index contributed by atoms with van der Waals surface area (Å²) in [5.41, 5.74) is 0. The van der Waals surface area contributed by atoms with Crippen molar-refractivity contribution in [3.63, 3.8) is 0 Å². The molecule has 2 nitrogen and oxygen atoms in total. The lowest BCUT2D eigenvalue weighted by molar-refractivity contribution is 0.285. The van der Waals surface area contributed by atoms with Crippen LogP contribution in [0.1, 0.15) is 16.2 Å². The molecule has 3 heteroatoms. The lowest BCUT2D eigenvalue weighted by atomic mass is 10.3. The van der Waals surface area contributed by atoms with E-state index in [1.165, 1.54) is 0 Å². The van der Waals surface area contributed by atoms with Gasteiger partial charge < -0.3 is 10.2 Å². The van der Waals surface area contributed by atoms with Crippen LogP contribution < -0.4 is 0 Å². The second kappa shape index (κ2) is 5.09. The molecular weight excluding hydrogens is 172 g/mol. The van der Waals surface area contributed by atoms with Gasteiger partial charge in [-0.3, -0.25) is 0 Å². The summed E-state index contributed by atoms with van der Waals surface area (Å²) in [5.74, 6) is 0. The van der Waals surface area contributed by atoms with Crippen LogP contribution in [0.2, 0.25) is 0 Å². The van der Waals surface area contributed by atoms with E-state index in [4.69, 9.17) is 10.2 Å². The van der Waals surface area contributed by atoms with Gasteiger partial charge in [-0.25, -0.2) is 0 Å². The zero-order valence-electron chi connectivity index (χ0n) is 6.73. The summed E-state index contributed by atoms with van der Waals surface area (Å²) in [5, 5.41) is 17.3. The molecule has 66 valence electrons. The van der Waals surface area contributed by atoms with Crippen LogP contribution in [0, 0.1) is 0 Å². The third kappa shape index (κ3) is 2.77. The third-order valence-corrected chi connectivity index (χ3v) is 2.45. The Labute approximate surface area is 75.8 Å². The highest BCUT2D eigenvalue weighted by Gasteiger charge is 1.93. The standard InChI is InChI=1S/C9H12O2S/c10-6-2-1-3-8-4-5-9(7-11)12-8/h1,3-5,10-11H,2,6-7H2. The van der Waals surface area contributed by atoms with Gasteiger partial charge >= 0.3 is 0 Å². The van der Waals surface area contributed by atoms with E-state index in [0.717, 1.165) is 9.75 Å². The third-order valence-electron chi connectivity index (χ3n) is 1.42. The summed E-state index contributed by atoms with van der Waals surface area (Å²) in [6.45, 7) is 0.299. The Bertz CT molecular complexity index is 253. The average molecular weight is 184 g/mol. The van der Waals surface area contributed by atoms with Crippen molar-refractivity contribution >= 4 is 17.4 Å². The summed E-state index contributed by atoms with van der Waals surface area (Å²) in [6, 6.07) is 3.87. The fourth-order valence-electron chi connectivity index (χ4n) is 0.843. The van der Waals surface area contributed by atoms with E-state index in [1.54, 1.807) is 11.3 Å². The highest BCUT2D eigenvalue weighted by atomic mass is 32.1. The van der Waals surface area contributed by atoms with Gasteiger partial charge in [0.05, 0.1) is 6.61 Å². The van der Waals surface area contributed by atoms with Crippen LogP contribution in [0.5, 0.6) is 0 Å². The molecule has 1 aromatic heterocycles. The molecule has 1 aromatic rings. The van der Waals surface area contributed by atoms with E-state index in [-0.39, 0.29) is 13.2 Å². The van der Waals surface area contributed by atoms with E-state index >= 15 is 0 Å². The quantitative estimate of drug-likeness (QED) is 0.746. The molecule has 1 heterocycles. The van der Waals surface area contributed by atoms with E-state index in [1.807, 2.05) is 24.3 Å². The lowest BCUT2D eigenvalue weighted by Gasteiger charge is -1.85.